The fourth-order valence-corrected chi connectivity index (χ4v) is 2.67. The number of rotatable bonds is 3. The SMILES string of the molecule is CCC1CN(C(C)(C)C2CC2)CCN1. The van der Waals surface area contributed by atoms with E-state index in [2.05, 4.69) is 31.0 Å². The zero-order valence-corrected chi connectivity index (χ0v) is 9.84. The van der Waals surface area contributed by atoms with Gasteiger partial charge in [0.05, 0.1) is 0 Å². The van der Waals surface area contributed by atoms with Gasteiger partial charge in [-0.3, -0.25) is 4.90 Å². The number of nitrogens with zero attached hydrogens (tertiary/aromatic N) is 1. The molecule has 1 saturated carbocycles. The first-order valence-electron chi connectivity index (χ1n) is 6.13. The van der Waals surface area contributed by atoms with Crippen LogP contribution in [0.2, 0.25) is 0 Å². The van der Waals surface area contributed by atoms with Gasteiger partial charge in [-0.1, -0.05) is 6.92 Å². The average molecular weight is 196 g/mol. The maximum absolute atomic E-state index is 3.59. The van der Waals surface area contributed by atoms with Gasteiger partial charge in [0.15, 0.2) is 0 Å². The van der Waals surface area contributed by atoms with E-state index in [1.807, 2.05) is 0 Å². The third-order valence-corrected chi connectivity index (χ3v) is 4.14. The topological polar surface area (TPSA) is 15.3 Å². The first-order valence-corrected chi connectivity index (χ1v) is 6.13. The fraction of sp³-hybridized carbons (Fsp3) is 1.00. The summed E-state index contributed by atoms with van der Waals surface area (Å²) < 4.78 is 0. The minimum atomic E-state index is 0.454. The van der Waals surface area contributed by atoms with Crippen LogP contribution in [-0.2, 0) is 0 Å². The molecule has 0 aromatic heterocycles. The highest BCUT2D eigenvalue weighted by molar-refractivity contribution is 4.98. The predicted octanol–water partition coefficient (Wildman–Crippen LogP) is 1.86. The van der Waals surface area contributed by atoms with E-state index in [9.17, 15) is 0 Å². The van der Waals surface area contributed by atoms with E-state index in [0.717, 1.165) is 12.0 Å². The summed E-state index contributed by atoms with van der Waals surface area (Å²) >= 11 is 0. The molecule has 0 aromatic rings. The van der Waals surface area contributed by atoms with E-state index in [1.165, 1.54) is 38.9 Å². The van der Waals surface area contributed by atoms with Gasteiger partial charge in [-0.25, -0.2) is 0 Å². The summed E-state index contributed by atoms with van der Waals surface area (Å²) in [7, 11) is 0. The Morgan fingerprint density at radius 2 is 2.07 bits per heavy atom. The average Bonchev–Trinajstić information content (AvgIpc) is 3.01. The van der Waals surface area contributed by atoms with Crippen molar-refractivity contribution in [3.8, 4) is 0 Å². The Labute approximate surface area is 88.1 Å². The van der Waals surface area contributed by atoms with Crippen LogP contribution in [0.25, 0.3) is 0 Å². The minimum absolute atomic E-state index is 0.454. The molecule has 0 radical (unpaired) electrons. The van der Waals surface area contributed by atoms with Crippen molar-refractivity contribution in [2.24, 2.45) is 5.92 Å². The van der Waals surface area contributed by atoms with Gasteiger partial charge in [0.2, 0.25) is 0 Å². The van der Waals surface area contributed by atoms with Crippen molar-refractivity contribution in [2.75, 3.05) is 19.6 Å². The van der Waals surface area contributed by atoms with Crippen LogP contribution in [0.4, 0.5) is 0 Å². The first-order chi connectivity index (χ1) is 6.64. The summed E-state index contributed by atoms with van der Waals surface area (Å²) in [4.78, 5) is 2.70. The van der Waals surface area contributed by atoms with E-state index in [4.69, 9.17) is 0 Å². The number of hydrogen-bond acceptors (Lipinski definition) is 2. The Kier molecular flexibility index (Phi) is 2.85. The zero-order valence-electron chi connectivity index (χ0n) is 9.84. The van der Waals surface area contributed by atoms with Gasteiger partial charge in [-0.05, 0) is 39.0 Å². The van der Waals surface area contributed by atoms with E-state index >= 15 is 0 Å². The molecule has 2 heteroatoms. The molecule has 0 bridgehead atoms. The molecule has 1 heterocycles. The molecule has 2 fully saturated rings. The lowest BCUT2D eigenvalue weighted by Gasteiger charge is -2.44. The van der Waals surface area contributed by atoms with Gasteiger partial charge >= 0.3 is 0 Å². The molecular formula is C12H24N2. The molecule has 1 unspecified atom stereocenters. The van der Waals surface area contributed by atoms with E-state index in [0.29, 0.717) is 5.54 Å². The van der Waals surface area contributed by atoms with Crippen LogP contribution in [0.15, 0.2) is 0 Å². The lowest BCUT2D eigenvalue weighted by atomic mass is 9.94. The number of nitrogens with one attached hydrogen (secondary N) is 1. The summed E-state index contributed by atoms with van der Waals surface area (Å²) in [6.45, 7) is 10.8. The molecule has 14 heavy (non-hydrogen) atoms. The molecule has 0 aromatic carbocycles. The largest absolute Gasteiger partial charge is 0.311 e. The molecule has 1 saturated heterocycles. The van der Waals surface area contributed by atoms with Crippen LogP contribution in [0.3, 0.4) is 0 Å². The Morgan fingerprint density at radius 1 is 1.36 bits per heavy atom. The number of hydrogen-bond donors (Lipinski definition) is 1. The normalized spacial score (nSPS) is 30.6. The highest BCUT2D eigenvalue weighted by atomic mass is 15.3. The van der Waals surface area contributed by atoms with Gasteiger partial charge in [-0.15, -0.1) is 0 Å². The summed E-state index contributed by atoms with van der Waals surface area (Å²) in [5.74, 6) is 0.970. The molecule has 1 N–H and O–H groups in total. The second-order valence-electron chi connectivity index (χ2n) is 5.43. The highest BCUT2D eigenvalue weighted by Gasteiger charge is 2.42. The molecule has 1 aliphatic heterocycles. The molecule has 1 atom stereocenters. The zero-order chi connectivity index (χ0) is 10.2. The van der Waals surface area contributed by atoms with Crippen LogP contribution in [-0.4, -0.2) is 36.1 Å². The van der Waals surface area contributed by atoms with Crippen molar-refractivity contribution in [2.45, 2.75) is 51.6 Å². The standard InChI is InChI=1S/C12H24N2/c1-4-11-9-14(8-7-13-11)12(2,3)10-5-6-10/h10-11,13H,4-9H2,1-3H3. The monoisotopic (exact) mass is 196 g/mol. The molecule has 0 amide bonds. The molecule has 1 aliphatic carbocycles. The van der Waals surface area contributed by atoms with E-state index in [1.54, 1.807) is 0 Å². The van der Waals surface area contributed by atoms with Crippen LogP contribution in [0, 0.1) is 5.92 Å². The van der Waals surface area contributed by atoms with Gasteiger partial charge in [0.1, 0.15) is 0 Å². The molecular weight excluding hydrogens is 172 g/mol. The first kappa shape index (κ1) is 10.4. The third-order valence-electron chi connectivity index (χ3n) is 4.14. The molecule has 2 aliphatic rings. The molecule has 2 nitrogen and oxygen atoms in total. The van der Waals surface area contributed by atoms with Crippen LogP contribution in [0.5, 0.6) is 0 Å². The quantitative estimate of drug-likeness (QED) is 0.741. The van der Waals surface area contributed by atoms with Crippen molar-refractivity contribution in [1.82, 2.24) is 10.2 Å². The number of piperazine rings is 1. The summed E-state index contributed by atoms with van der Waals surface area (Å²) in [5.41, 5.74) is 0.454. The van der Waals surface area contributed by atoms with Gasteiger partial charge < -0.3 is 5.32 Å². The van der Waals surface area contributed by atoms with Crippen molar-refractivity contribution in [1.29, 1.82) is 0 Å². The van der Waals surface area contributed by atoms with Crippen LogP contribution in [0.1, 0.15) is 40.0 Å². The van der Waals surface area contributed by atoms with Crippen molar-refractivity contribution >= 4 is 0 Å². The summed E-state index contributed by atoms with van der Waals surface area (Å²) in [6.07, 6.45) is 4.17. The van der Waals surface area contributed by atoms with Crippen LogP contribution >= 0.6 is 0 Å². The Hall–Kier alpha value is -0.0800. The van der Waals surface area contributed by atoms with Crippen molar-refractivity contribution in [3.05, 3.63) is 0 Å². The fourth-order valence-electron chi connectivity index (χ4n) is 2.67. The third kappa shape index (κ3) is 1.96. The smallest absolute Gasteiger partial charge is 0.0193 e. The molecule has 2 rings (SSSR count). The maximum atomic E-state index is 3.59. The highest BCUT2D eigenvalue weighted by Crippen LogP contribution is 2.42. The van der Waals surface area contributed by atoms with Gasteiger partial charge in [0.25, 0.3) is 0 Å². The van der Waals surface area contributed by atoms with Gasteiger partial charge in [-0.2, -0.15) is 0 Å². The Balaban J connectivity index is 1.95. The second-order valence-corrected chi connectivity index (χ2v) is 5.43. The maximum Gasteiger partial charge on any atom is 0.0193 e. The minimum Gasteiger partial charge on any atom is -0.311 e. The second kappa shape index (κ2) is 3.82. The Morgan fingerprint density at radius 3 is 2.64 bits per heavy atom. The van der Waals surface area contributed by atoms with E-state index < -0.39 is 0 Å². The lowest BCUT2D eigenvalue weighted by Crippen LogP contribution is -2.58. The van der Waals surface area contributed by atoms with Crippen molar-refractivity contribution < 1.29 is 0 Å². The predicted molar refractivity (Wildman–Crippen MR) is 60.5 cm³/mol. The van der Waals surface area contributed by atoms with Crippen molar-refractivity contribution in [3.63, 3.8) is 0 Å². The molecule has 82 valence electrons. The molecule has 0 spiro atoms. The van der Waals surface area contributed by atoms with E-state index in [-0.39, 0.29) is 0 Å². The lowest BCUT2D eigenvalue weighted by molar-refractivity contribution is 0.0647. The van der Waals surface area contributed by atoms with Gasteiger partial charge in [0, 0.05) is 31.2 Å². The summed E-state index contributed by atoms with van der Waals surface area (Å²) in [6, 6.07) is 0.724. The van der Waals surface area contributed by atoms with Crippen LogP contribution < -0.4 is 5.32 Å². The Bertz CT molecular complexity index is 196. The summed E-state index contributed by atoms with van der Waals surface area (Å²) in [5, 5.41) is 3.59.